The minimum absolute atomic E-state index is 0.0860. The Labute approximate surface area is 246 Å². The van der Waals surface area contributed by atoms with Crippen LogP contribution in [-0.2, 0) is 19.7 Å². The number of thiophene rings is 2. The molecule has 0 spiro atoms. The smallest absolute Gasteiger partial charge is 0.348 e. The lowest BCUT2D eigenvalue weighted by atomic mass is 9.87. The highest BCUT2D eigenvalue weighted by molar-refractivity contribution is 7.15. The van der Waals surface area contributed by atoms with Crippen LogP contribution in [0.4, 0.5) is 0 Å². The number of aliphatic hydroxyl groups excluding tert-OH is 1. The highest BCUT2D eigenvalue weighted by atomic mass is 32.1. The van der Waals surface area contributed by atoms with Crippen molar-refractivity contribution in [1.82, 2.24) is 0 Å². The molecule has 7 nitrogen and oxygen atoms in total. The molecule has 220 valence electrons. The summed E-state index contributed by atoms with van der Waals surface area (Å²) in [6.07, 6.45) is 10.4. The van der Waals surface area contributed by atoms with Gasteiger partial charge in [0.25, 0.3) is 0 Å². The first kappa shape index (κ1) is 33.6. The lowest BCUT2D eigenvalue weighted by Gasteiger charge is -2.43. The largest absolute Gasteiger partial charge is 0.480 e. The topological polar surface area (TPSA) is 96.4 Å². The van der Waals surface area contributed by atoms with Gasteiger partial charge < -0.3 is 24.2 Å². The van der Waals surface area contributed by atoms with E-state index in [9.17, 15) is 14.7 Å². The van der Waals surface area contributed by atoms with Crippen molar-refractivity contribution in [3.63, 3.8) is 0 Å². The Morgan fingerprint density at radius 1 is 1.12 bits per heavy atom. The van der Waals surface area contributed by atoms with Crippen LogP contribution in [0.5, 0.6) is 0 Å². The van der Waals surface area contributed by atoms with Crippen LogP contribution >= 0.6 is 22.7 Å². The average molecular weight is 591 g/mol. The predicted molar refractivity (Wildman–Crippen MR) is 163 cm³/mol. The van der Waals surface area contributed by atoms with E-state index < -0.39 is 17.4 Å². The highest BCUT2D eigenvalue weighted by Gasteiger charge is 2.68. The quantitative estimate of drug-likeness (QED) is 0.168. The SMILES string of the molecule is C=C/C=C(\C=C)COC(=O)c1ccc(C(C)(C(=O)O)c2cccs2)s1.CC.CO.C[N+]1(C)[C@@H]2CCC[C@H]1[C@@H]1O[C@@H]12. The van der Waals surface area contributed by atoms with Crippen molar-refractivity contribution in [2.24, 2.45) is 0 Å². The Morgan fingerprint density at radius 2 is 1.75 bits per heavy atom. The molecule has 3 aliphatic rings. The van der Waals surface area contributed by atoms with Crippen molar-refractivity contribution < 1.29 is 33.8 Å². The van der Waals surface area contributed by atoms with Gasteiger partial charge in [-0.25, -0.2) is 4.79 Å². The standard InChI is InChI=1S/C19H18O4S2.C9H16NO.C2H6.CH4O/c1-4-7-13(5-2)12-23-17(20)14-9-10-16(25-14)19(3,18(21)22)15-8-6-11-24-15;1-10(2)6-4-3-5-7(10)9-8(6)11-9;2*1-2/h4-11H,1-2,12H2,3H3,(H,21,22);6-9H,3-5H2,1-2H3;1-2H3;2H,1H3/q;+1;;/b13-7+;;;/t;6-,7+,8-,9+;;. The minimum Gasteiger partial charge on any atom is -0.480 e. The van der Waals surface area contributed by atoms with E-state index in [1.54, 1.807) is 43.4 Å². The maximum atomic E-state index is 12.2. The molecule has 0 amide bonds. The van der Waals surface area contributed by atoms with Gasteiger partial charge in [0.1, 0.15) is 41.2 Å². The zero-order valence-electron chi connectivity index (χ0n) is 24.5. The number of hydrogen-bond acceptors (Lipinski definition) is 7. The summed E-state index contributed by atoms with van der Waals surface area (Å²) in [5.41, 5.74) is -0.457. The Morgan fingerprint density at radius 3 is 2.23 bits per heavy atom. The molecular weight excluding hydrogens is 546 g/mol. The molecule has 40 heavy (non-hydrogen) atoms. The second-order valence-electron chi connectivity index (χ2n) is 10.1. The number of piperidine rings is 1. The third kappa shape index (κ3) is 7.01. The molecule has 5 heterocycles. The number of fused-ring (bicyclic) bond motifs is 5. The van der Waals surface area contributed by atoms with Gasteiger partial charge in [-0.05, 0) is 42.5 Å². The molecule has 2 aromatic heterocycles. The number of aliphatic carboxylic acids is 1. The number of carbonyl (C=O) groups excluding carboxylic acids is 1. The molecule has 0 aromatic carbocycles. The molecule has 3 saturated heterocycles. The number of likely N-dealkylation sites (N-methyl/N-ethyl adjacent to an activating group) is 1. The number of hydrogen-bond donors (Lipinski definition) is 2. The number of quaternary nitrogens is 1. The fourth-order valence-electron chi connectivity index (χ4n) is 5.45. The number of esters is 1. The van der Waals surface area contributed by atoms with Gasteiger partial charge in [0.15, 0.2) is 0 Å². The van der Waals surface area contributed by atoms with E-state index in [0.717, 1.165) is 36.1 Å². The lowest BCUT2D eigenvalue weighted by Crippen LogP contribution is -2.56. The second-order valence-corrected chi connectivity index (χ2v) is 12.1. The summed E-state index contributed by atoms with van der Waals surface area (Å²) in [7, 11) is 5.76. The van der Waals surface area contributed by atoms with E-state index >= 15 is 0 Å². The number of rotatable bonds is 8. The van der Waals surface area contributed by atoms with Crippen LogP contribution in [0.25, 0.3) is 0 Å². The van der Waals surface area contributed by atoms with Crippen molar-refractivity contribution in [1.29, 1.82) is 0 Å². The molecule has 2 aromatic rings. The van der Waals surface area contributed by atoms with Gasteiger partial charge in [0.05, 0.1) is 14.1 Å². The Bertz CT molecular complexity index is 1150. The summed E-state index contributed by atoms with van der Waals surface area (Å²) in [6, 6.07) is 8.53. The predicted octanol–water partition coefficient (Wildman–Crippen LogP) is 6.06. The van der Waals surface area contributed by atoms with Gasteiger partial charge in [0, 0.05) is 29.7 Å². The third-order valence-corrected chi connectivity index (χ3v) is 10.1. The first-order chi connectivity index (χ1) is 19.1. The molecule has 5 atom stereocenters. The Hall–Kier alpha value is -2.56. The van der Waals surface area contributed by atoms with Gasteiger partial charge >= 0.3 is 11.9 Å². The fourth-order valence-corrected chi connectivity index (χ4v) is 7.46. The molecular formula is C31H44NO6S2+. The summed E-state index contributed by atoms with van der Waals surface area (Å²) in [5, 5.41) is 18.6. The molecule has 3 aliphatic heterocycles. The van der Waals surface area contributed by atoms with Crippen molar-refractivity contribution in [2.45, 2.75) is 69.7 Å². The van der Waals surface area contributed by atoms with Crippen LogP contribution in [0.2, 0.25) is 0 Å². The number of epoxide rings is 1. The summed E-state index contributed by atoms with van der Waals surface area (Å²) in [4.78, 5) is 25.8. The number of aliphatic hydroxyl groups is 1. The van der Waals surface area contributed by atoms with E-state index in [0.29, 0.717) is 26.8 Å². The van der Waals surface area contributed by atoms with Gasteiger partial charge in [-0.3, -0.25) is 4.79 Å². The minimum atomic E-state index is -1.19. The molecule has 0 aliphatic carbocycles. The first-order valence-electron chi connectivity index (χ1n) is 13.6. The number of allylic oxidation sites excluding steroid dienone is 2. The molecule has 2 N–H and O–H groups in total. The van der Waals surface area contributed by atoms with Crippen LogP contribution in [0.1, 0.15) is 59.5 Å². The second kappa shape index (κ2) is 14.9. The summed E-state index contributed by atoms with van der Waals surface area (Å²) >= 11 is 2.51. The lowest BCUT2D eigenvalue weighted by molar-refractivity contribution is -0.937. The highest BCUT2D eigenvalue weighted by Crippen LogP contribution is 2.51. The van der Waals surface area contributed by atoms with Crippen LogP contribution in [0, 0.1) is 0 Å². The molecule has 3 fully saturated rings. The maximum absolute atomic E-state index is 12.2. The Balaban J connectivity index is 0.000000305. The number of carboxylic acid groups (broad SMARTS) is 1. The van der Waals surface area contributed by atoms with Gasteiger partial charge in [-0.1, -0.05) is 51.3 Å². The monoisotopic (exact) mass is 590 g/mol. The number of morpholine rings is 1. The van der Waals surface area contributed by atoms with Crippen molar-refractivity contribution >= 4 is 34.6 Å². The fraction of sp³-hybridized carbons (Fsp3) is 0.484. The van der Waals surface area contributed by atoms with Crippen molar-refractivity contribution in [3.8, 4) is 0 Å². The van der Waals surface area contributed by atoms with Crippen molar-refractivity contribution in [3.05, 3.63) is 81.2 Å². The zero-order valence-corrected chi connectivity index (χ0v) is 26.1. The molecule has 1 unspecified atom stereocenters. The number of ether oxygens (including phenoxy) is 2. The van der Waals surface area contributed by atoms with Crippen LogP contribution in [-0.4, -0.2) is 78.7 Å². The molecule has 5 rings (SSSR count). The van der Waals surface area contributed by atoms with Gasteiger partial charge in [-0.15, -0.1) is 22.7 Å². The Kier molecular flexibility index (Phi) is 12.5. The summed E-state index contributed by atoms with van der Waals surface area (Å²) < 4.78 is 12.1. The van der Waals surface area contributed by atoms with Crippen LogP contribution in [0.15, 0.2) is 66.6 Å². The molecule has 0 radical (unpaired) electrons. The maximum Gasteiger partial charge on any atom is 0.348 e. The third-order valence-electron chi connectivity index (χ3n) is 7.73. The first-order valence-corrected chi connectivity index (χ1v) is 15.3. The van der Waals surface area contributed by atoms with E-state index in [1.807, 2.05) is 25.3 Å². The average Bonchev–Trinajstić information content (AvgIpc) is 3.27. The number of carboxylic acids is 1. The van der Waals surface area contributed by atoms with E-state index in [-0.39, 0.29) is 6.61 Å². The zero-order chi connectivity index (χ0) is 30.1. The van der Waals surface area contributed by atoms with Crippen molar-refractivity contribution in [2.75, 3.05) is 27.8 Å². The van der Waals surface area contributed by atoms with E-state index in [4.69, 9.17) is 14.6 Å². The summed E-state index contributed by atoms with van der Waals surface area (Å²) in [6.45, 7) is 13.0. The molecule has 2 bridgehead atoms. The van der Waals surface area contributed by atoms with Crippen LogP contribution < -0.4 is 0 Å². The number of carbonyl (C=O) groups is 2. The summed E-state index contributed by atoms with van der Waals surface area (Å²) in [5.74, 6) is -1.45. The molecule has 9 heteroatoms. The van der Waals surface area contributed by atoms with Gasteiger partial charge in [-0.2, -0.15) is 0 Å². The van der Waals surface area contributed by atoms with Crippen LogP contribution in [0.3, 0.4) is 0 Å². The normalized spacial score (nSPS) is 24.6. The van der Waals surface area contributed by atoms with E-state index in [2.05, 4.69) is 27.3 Å². The van der Waals surface area contributed by atoms with E-state index in [1.165, 1.54) is 35.1 Å². The number of nitrogens with zero attached hydrogens (tertiary/aromatic N) is 1. The van der Waals surface area contributed by atoms with Gasteiger partial charge in [0.2, 0.25) is 0 Å². The molecule has 0 saturated carbocycles.